The molecule has 0 aromatic carbocycles. The van der Waals surface area contributed by atoms with Crippen molar-refractivity contribution in [2.24, 2.45) is 0 Å². The van der Waals surface area contributed by atoms with Crippen molar-refractivity contribution in [3.63, 3.8) is 0 Å². The summed E-state index contributed by atoms with van der Waals surface area (Å²) in [5, 5.41) is 18.3. The van der Waals surface area contributed by atoms with Gasteiger partial charge >= 0.3 is 39.0 Å². The van der Waals surface area contributed by atoms with Gasteiger partial charge in [-0.2, -0.15) is 0 Å². The first-order valence-electron chi connectivity index (χ1n) is 2.21. The van der Waals surface area contributed by atoms with E-state index in [4.69, 9.17) is 19.8 Å². The Morgan fingerprint density at radius 1 is 0.917 bits per heavy atom. The van der Waals surface area contributed by atoms with Crippen molar-refractivity contribution >= 4 is 11.9 Å². The molecule has 0 fully saturated rings. The van der Waals surface area contributed by atoms with Gasteiger partial charge in [-0.15, -0.1) is 0 Å². The Kier molecular flexibility index (Phi) is 31.9. The molecule has 0 bridgehead atoms. The van der Waals surface area contributed by atoms with Crippen molar-refractivity contribution in [1.29, 1.82) is 0 Å². The summed E-state index contributed by atoms with van der Waals surface area (Å²) in [4.78, 5) is 18.3. The van der Waals surface area contributed by atoms with Crippen LogP contribution in [0.15, 0.2) is 25.3 Å². The van der Waals surface area contributed by atoms with Crippen LogP contribution in [0, 0.1) is 0 Å². The van der Waals surface area contributed by atoms with Crippen molar-refractivity contribution in [1.82, 2.24) is 0 Å². The van der Waals surface area contributed by atoms with E-state index >= 15 is 0 Å². The first-order valence-corrected chi connectivity index (χ1v) is 2.21. The van der Waals surface area contributed by atoms with Crippen LogP contribution in [0.3, 0.4) is 0 Å². The smallest absolute Gasteiger partial charge is 0.545 e. The van der Waals surface area contributed by atoms with E-state index in [0.29, 0.717) is 0 Å². The van der Waals surface area contributed by atoms with Crippen LogP contribution in [0.25, 0.3) is 0 Å². The number of hydrogen-bond donors (Lipinski definition) is 0. The molecule has 0 amide bonds. The van der Waals surface area contributed by atoms with Gasteiger partial charge < -0.3 is 19.8 Å². The number of carboxylic acid groups (broad SMARTS) is 2. The van der Waals surface area contributed by atoms with Gasteiger partial charge in [0, 0.05) is 0 Å². The summed E-state index contributed by atoms with van der Waals surface area (Å²) in [7, 11) is 0. The Morgan fingerprint density at radius 3 is 1.00 bits per heavy atom. The second kappa shape index (κ2) is 17.0. The molecular weight excluding hydrogens is 267 g/mol. The second-order valence-corrected chi connectivity index (χ2v) is 1.05. The fourth-order valence-corrected chi connectivity index (χ4v) is 0. The summed E-state index contributed by atoms with van der Waals surface area (Å²) < 4.78 is 0. The molecule has 0 saturated carbocycles. The Morgan fingerprint density at radius 2 is 1.00 bits per heavy atom. The molecule has 0 rings (SSSR count). The maximum atomic E-state index is 9.14. The molecular formula is C6H6O4Zn2+2. The van der Waals surface area contributed by atoms with Crippen LogP contribution < -0.4 is 10.2 Å². The van der Waals surface area contributed by atoms with Crippen LogP contribution in [0.5, 0.6) is 0 Å². The molecule has 0 aromatic rings. The molecule has 0 aliphatic rings. The third-order valence-electron chi connectivity index (χ3n) is 0.333. The zero-order valence-electron chi connectivity index (χ0n) is 6.62. The van der Waals surface area contributed by atoms with E-state index in [-0.39, 0.29) is 39.0 Å². The predicted octanol–water partition coefficient (Wildman–Crippen LogP) is -2.16. The third kappa shape index (κ3) is 54.0. The van der Waals surface area contributed by atoms with Gasteiger partial charge in [0.05, 0.1) is 11.9 Å². The fourth-order valence-electron chi connectivity index (χ4n) is 0. The minimum absolute atomic E-state index is 0. The predicted molar refractivity (Wildman–Crippen MR) is 30.4 cm³/mol. The van der Waals surface area contributed by atoms with Crippen molar-refractivity contribution < 1.29 is 58.8 Å². The van der Waals surface area contributed by atoms with Gasteiger partial charge in [-0.3, -0.25) is 0 Å². The molecule has 0 aliphatic carbocycles. The Hall–Kier alpha value is -0.333. The Labute approximate surface area is 95.9 Å². The summed E-state index contributed by atoms with van der Waals surface area (Å²) in [5.74, 6) is -2.46. The molecule has 0 atom stereocenters. The average Bonchev–Trinajstić information content (AvgIpc) is 1.89. The number of rotatable bonds is 2. The first kappa shape index (κ1) is 22.6. The Balaban J connectivity index is -0.0000000457. The van der Waals surface area contributed by atoms with Crippen LogP contribution in [0.1, 0.15) is 0 Å². The molecule has 6 heteroatoms. The molecule has 0 radical (unpaired) electrons. The molecule has 0 unspecified atom stereocenters. The minimum Gasteiger partial charge on any atom is -0.545 e. The van der Waals surface area contributed by atoms with E-state index < -0.39 is 11.9 Å². The first-order chi connectivity index (χ1) is 4.54. The van der Waals surface area contributed by atoms with Gasteiger partial charge in [0.2, 0.25) is 0 Å². The SMILES string of the molecule is C=CC(=O)[O-].C=CC(=O)[O-].[Zn+2].[Zn+2]. The molecule has 56 valence electrons. The van der Waals surface area contributed by atoms with E-state index in [1.165, 1.54) is 0 Å². The number of hydrogen-bond acceptors (Lipinski definition) is 4. The maximum absolute atomic E-state index is 9.14. The number of carboxylic acids is 2. The fraction of sp³-hybridized carbons (Fsp3) is 0. The second-order valence-electron chi connectivity index (χ2n) is 1.05. The largest absolute Gasteiger partial charge is 2.00 e. The van der Waals surface area contributed by atoms with Crippen LogP contribution in [0.4, 0.5) is 0 Å². The van der Waals surface area contributed by atoms with E-state index in [1.54, 1.807) is 0 Å². The monoisotopic (exact) mass is 270 g/mol. The topological polar surface area (TPSA) is 80.3 Å². The molecule has 0 N–H and O–H groups in total. The summed E-state index contributed by atoms with van der Waals surface area (Å²) in [6.45, 7) is 5.80. The van der Waals surface area contributed by atoms with Gasteiger partial charge in [0.1, 0.15) is 0 Å². The zero-order valence-corrected chi connectivity index (χ0v) is 12.6. The quantitative estimate of drug-likeness (QED) is 0.424. The van der Waals surface area contributed by atoms with Gasteiger partial charge in [-0.05, 0) is 12.2 Å². The summed E-state index contributed by atoms with van der Waals surface area (Å²) in [6.07, 6.45) is 1.44. The van der Waals surface area contributed by atoms with Crippen LogP contribution in [0.2, 0.25) is 0 Å². The third-order valence-corrected chi connectivity index (χ3v) is 0.333. The van der Waals surface area contributed by atoms with E-state index in [1.807, 2.05) is 0 Å². The zero-order chi connectivity index (χ0) is 8.57. The van der Waals surface area contributed by atoms with Crippen LogP contribution in [-0.4, -0.2) is 11.9 Å². The molecule has 0 heterocycles. The van der Waals surface area contributed by atoms with Crippen molar-refractivity contribution in [2.75, 3.05) is 0 Å². The number of carbonyl (C=O) groups excluding carboxylic acids is 2. The van der Waals surface area contributed by atoms with Gasteiger partial charge in [-0.25, -0.2) is 0 Å². The van der Waals surface area contributed by atoms with Gasteiger partial charge in [0.25, 0.3) is 0 Å². The molecule has 0 spiro atoms. The van der Waals surface area contributed by atoms with E-state index in [9.17, 15) is 0 Å². The van der Waals surface area contributed by atoms with Gasteiger partial charge in [-0.1, -0.05) is 13.2 Å². The van der Waals surface area contributed by atoms with Crippen LogP contribution >= 0.6 is 0 Å². The summed E-state index contributed by atoms with van der Waals surface area (Å²) in [6, 6.07) is 0. The Bertz CT molecular complexity index is 138. The van der Waals surface area contributed by atoms with Crippen molar-refractivity contribution in [3.05, 3.63) is 25.3 Å². The average molecular weight is 273 g/mol. The van der Waals surface area contributed by atoms with Gasteiger partial charge in [0.15, 0.2) is 0 Å². The minimum atomic E-state index is -1.23. The van der Waals surface area contributed by atoms with Crippen molar-refractivity contribution in [2.45, 2.75) is 0 Å². The summed E-state index contributed by atoms with van der Waals surface area (Å²) >= 11 is 0. The molecule has 4 nitrogen and oxygen atoms in total. The van der Waals surface area contributed by atoms with Crippen LogP contribution in [-0.2, 0) is 48.5 Å². The molecule has 0 saturated heterocycles. The maximum Gasteiger partial charge on any atom is 2.00 e. The molecule has 0 aromatic heterocycles. The number of aliphatic carboxylic acids is 2. The molecule has 0 aliphatic heterocycles. The standard InChI is InChI=1S/2C3H4O2.2Zn/c2*1-2-3(4)5;;/h2*2H,1H2,(H,4,5);;/q;;2*+2/p-2. The number of carbonyl (C=O) groups is 2. The molecule has 12 heavy (non-hydrogen) atoms. The van der Waals surface area contributed by atoms with E-state index in [2.05, 4.69) is 13.2 Å². The van der Waals surface area contributed by atoms with Crippen molar-refractivity contribution in [3.8, 4) is 0 Å². The van der Waals surface area contributed by atoms with E-state index in [0.717, 1.165) is 12.2 Å². The summed E-state index contributed by atoms with van der Waals surface area (Å²) in [5.41, 5.74) is 0. The normalized spacial score (nSPS) is 5.33.